The number of nitro groups is 1. The minimum Gasteiger partial charge on any atom is -0.368 e. The van der Waals surface area contributed by atoms with Crippen LogP contribution < -0.4 is 5.32 Å². The molecule has 0 bridgehead atoms. The molecule has 1 aliphatic heterocycles. The van der Waals surface area contributed by atoms with Crippen LogP contribution in [0.15, 0.2) is 48.5 Å². The summed E-state index contributed by atoms with van der Waals surface area (Å²) >= 11 is 0. The number of nitrogens with one attached hydrogen (secondary N) is 1. The van der Waals surface area contributed by atoms with Gasteiger partial charge in [-0.15, -0.1) is 5.10 Å². The Labute approximate surface area is 130 Å². The number of nitrogens with zero attached hydrogens (tertiary/aromatic N) is 4. The zero-order valence-corrected chi connectivity index (χ0v) is 11.7. The molecule has 0 fully saturated rings. The molecule has 0 saturated heterocycles. The second kappa shape index (κ2) is 4.89. The van der Waals surface area contributed by atoms with Gasteiger partial charge in [0, 0.05) is 28.9 Å². The van der Waals surface area contributed by atoms with E-state index in [1.165, 1.54) is 16.8 Å². The van der Waals surface area contributed by atoms with Crippen molar-refractivity contribution < 1.29 is 10.0 Å². The van der Waals surface area contributed by atoms with E-state index in [1.54, 1.807) is 6.07 Å². The molecule has 8 heteroatoms. The lowest BCUT2D eigenvalue weighted by atomic mass is 10.1. The molecule has 0 aliphatic carbocycles. The van der Waals surface area contributed by atoms with Gasteiger partial charge < -0.3 is 10.4 Å². The highest BCUT2D eigenvalue weighted by molar-refractivity contribution is 5.67. The van der Waals surface area contributed by atoms with Crippen LogP contribution in [0.5, 0.6) is 0 Å². The zero-order valence-electron chi connectivity index (χ0n) is 11.7. The molecular formula is C15H11N5O3. The summed E-state index contributed by atoms with van der Waals surface area (Å²) in [5.74, 6) is 0.854. The standard InChI is InChI=1S/C15H11N5O3/c21-14-11-8-10(20(22)23)6-7-12(11)16-15-17-13(18-19(14)15)9-4-2-1-3-5-9/h1-8,14,21H,(H,16,17,18). The summed E-state index contributed by atoms with van der Waals surface area (Å²) in [6, 6.07) is 13.6. The summed E-state index contributed by atoms with van der Waals surface area (Å²) in [5, 5.41) is 28.7. The van der Waals surface area contributed by atoms with E-state index in [9.17, 15) is 15.2 Å². The van der Waals surface area contributed by atoms with Crippen LogP contribution in [0.1, 0.15) is 11.8 Å². The fraction of sp³-hybridized carbons (Fsp3) is 0.0667. The van der Waals surface area contributed by atoms with E-state index in [-0.39, 0.29) is 5.69 Å². The number of fused-ring (bicyclic) bond motifs is 2. The number of hydrogen-bond donors (Lipinski definition) is 2. The SMILES string of the molecule is O=[N+]([O-])c1ccc2c(c1)C(O)n1nc(-c3ccccc3)nc1N2. The number of aliphatic hydroxyl groups excluding tert-OH is 1. The highest BCUT2D eigenvalue weighted by atomic mass is 16.6. The third-order valence-corrected chi connectivity index (χ3v) is 3.67. The lowest BCUT2D eigenvalue weighted by Gasteiger charge is -2.22. The van der Waals surface area contributed by atoms with Crippen molar-refractivity contribution in [3.63, 3.8) is 0 Å². The zero-order chi connectivity index (χ0) is 16.0. The number of rotatable bonds is 2. The first kappa shape index (κ1) is 13.4. The Kier molecular flexibility index (Phi) is 2.85. The highest BCUT2D eigenvalue weighted by Gasteiger charge is 2.28. The predicted molar refractivity (Wildman–Crippen MR) is 82.2 cm³/mol. The van der Waals surface area contributed by atoms with Crippen molar-refractivity contribution in [2.24, 2.45) is 0 Å². The van der Waals surface area contributed by atoms with Crippen LogP contribution in [0.3, 0.4) is 0 Å². The topological polar surface area (TPSA) is 106 Å². The van der Waals surface area contributed by atoms with Crippen molar-refractivity contribution in [2.45, 2.75) is 6.23 Å². The first-order chi connectivity index (χ1) is 11.1. The largest absolute Gasteiger partial charge is 0.368 e. The molecule has 1 atom stereocenters. The monoisotopic (exact) mass is 309 g/mol. The quantitative estimate of drug-likeness (QED) is 0.556. The molecule has 0 spiro atoms. The Morgan fingerprint density at radius 2 is 2.00 bits per heavy atom. The summed E-state index contributed by atoms with van der Waals surface area (Å²) in [4.78, 5) is 14.8. The van der Waals surface area contributed by atoms with Crippen LogP contribution in [0, 0.1) is 10.1 Å². The van der Waals surface area contributed by atoms with Crippen molar-refractivity contribution in [2.75, 3.05) is 5.32 Å². The minimum atomic E-state index is -1.13. The third kappa shape index (κ3) is 2.12. The van der Waals surface area contributed by atoms with Gasteiger partial charge in [-0.3, -0.25) is 10.1 Å². The Morgan fingerprint density at radius 3 is 2.74 bits per heavy atom. The molecule has 8 nitrogen and oxygen atoms in total. The van der Waals surface area contributed by atoms with Gasteiger partial charge in [0.25, 0.3) is 5.69 Å². The summed E-state index contributed by atoms with van der Waals surface area (Å²) in [5.41, 5.74) is 1.69. The third-order valence-electron chi connectivity index (χ3n) is 3.67. The molecular weight excluding hydrogens is 298 g/mol. The first-order valence-corrected chi connectivity index (χ1v) is 6.89. The van der Waals surface area contributed by atoms with Crippen molar-refractivity contribution in [1.82, 2.24) is 14.8 Å². The van der Waals surface area contributed by atoms with Gasteiger partial charge in [-0.25, -0.2) is 0 Å². The van der Waals surface area contributed by atoms with E-state index in [4.69, 9.17) is 0 Å². The van der Waals surface area contributed by atoms with Crippen molar-refractivity contribution in [1.29, 1.82) is 0 Å². The molecule has 23 heavy (non-hydrogen) atoms. The number of non-ortho nitro benzene ring substituents is 1. The number of aromatic nitrogens is 3. The normalized spacial score (nSPS) is 15.4. The molecule has 2 aromatic carbocycles. The van der Waals surface area contributed by atoms with E-state index in [0.29, 0.717) is 23.0 Å². The smallest absolute Gasteiger partial charge is 0.270 e. The molecule has 2 N–H and O–H groups in total. The maximum absolute atomic E-state index is 10.9. The number of nitro benzene ring substituents is 1. The maximum atomic E-state index is 10.9. The van der Waals surface area contributed by atoms with Gasteiger partial charge >= 0.3 is 0 Å². The Morgan fingerprint density at radius 1 is 1.22 bits per heavy atom. The first-order valence-electron chi connectivity index (χ1n) is 6.89. The molecule has 1 aliphatic rings. The van der Waals surface area contributed by atoms with Crippen molar-refractivity contribution in [3.05, 3.63) is 64.2 Å². The maximum Gasteiger partial charge on any atom is 0.270 e. The molecule has 4 rings (SSSR count). The minimum absolute atomic E-state index is 0.0866. The van der Waals surface area contributed by atoms with Gasteiger partial charge in [-0.1, -0.05) is 30.3 Å². The van der Waals surface area contributed by atoms with Crippen molar-refractivity contribution >= 4 is 17.3 Å². The lowest BCUT2D eigenvalue weighted by Crippen LogP contribution is -2.20. The Bertz CT molecular complexity index is 907. The fourth-order valence-electron chi connectivity index (χ4n) is 2.53. The molecule has 1 aromatic heterocycles. The van der Waals surface area contributed by atoms with E-state index < -0.39 is 11.2 Å². The van der Waals surface area contributed by atoms with E-state index in [1.807, 2.05) is 30.3 Å². The molecule has 2 heterocycles. The number of aliphatic hydroxyl groups is 1. The molecule has 114 valence electrons. The highest BCUT2D eigenvalue weighted by Crippen LogP contribution is 2.36. The van der Waals surface area contributed by atoms with Crippen LogP contribution in [-0.2, 0) is 0 Å². The van der Waals surface area contributed by atoms with Crippen LogP contribution in [0.2, 0.25) is 0 Å². The van der Waals surface area contributed by atoms with Gasteiger partial charge in [0.15, 0.2) is 12.1 Å². The molecule has 0 saturated carbocycles. The van der Waals surface area contributed by atoms with Crippen LogP contribution in [0.25, 0.3) is 11.4 Å². The van der Waals surface area contributed by atoms with Gasteiger partial charge in [-0.05, 0) is 6.07 Å². The van der Waals surface area contributed by atoms with E-state index in [0.717, 1.165) is 5.56 Å². The van der Waals surface area contributed by atoms with Gasteiger partial charge in [-0.2, -0.15) is 9.67 Å². The summed E-state index contributed by atoms with van der Waals surface area (Å²) in [6.07, 6.45) is -1.13. The van der Waals surface area contributed by atoms with Gasteiger partial charge in [0.1, 0.15) is 0 Å². The number of anilines is 2. The van der Waals surface area contributed by atoms with E-state index >= 15 is 0 Å². The predicted octanol–water partition coefficient (Wildman–Crippen LogP) is 2.45. The summed E-state index contributed by atoms with van der Waals surface area (Å²) in [7, 11) is 0. The molecule has 3 aromatic rings. The second-order valence-electron chi connectivity index (χ2n) is 5.10. The number of benzene rings is 2. The number of hydrogen-bond acceptors (Lipinski definition) is 6. The van der Waals surface area contributed by atoms with Crippen molar-refractivity contribution in [3.8, 4) is 11.4 Å². The summed E-state index contributed by atoms with van der Waals surface area (Å²) < 4.78 is 1.31. The molecule has 0 amide bonds. The molecule has 1 unspecified atom stereocenters. The van der Waals surface area contributed by atoms with Crippen LogP contribution >= 0.6 is 0 Å². The Hall–Kier alpha value is -3.26. The van der Waals surface area contributed by atoms with E-state index in [2.05, 4.69) is 15.4 Å². The van der Waals surface area contributed by atoms with Gasteiger partial charge in [0.05, 0.1) is 4.92 Å². The van der Waals surface area contributed by atoms with Crippen LogP contribution in [-0.4, -0.2) is 24.8 Å². The summed E-state index contributed by atoms with van der Waals surface area (Å²) in [6.45, 7) is 0. The van der Waals surface area contributed by atoms with Gasteiger partial charge in [0.2, 0.25) is 5.95 Å². The lowest BCUT2D eigenvalue weighted by molar-refractivity contribution is -0.385. The average Bonchev–Trinajstić information content (AvgIpc) is 3.00. The average molecular weight is 309 g/mol. The van der Waals surface area contributed by atoms with Crippen LogP contribution in [0.4, 0.5) is 17.3 Å². The fourth-order valence-corrected chi connectivity index (χ4v) is 2.53. The Balaban J connectivity index is 1.79. The second-order valence-corrected chi connectivity index (χ2v) is 5.10. The molecule has 0 radical (unpaired) electrons.